The highest BCUT2D eigenvalue weighted by atomic mass is 32.2. The summed E-state index contributed by atoms with van der Waals surface area (Å²) in [5, 5.41) is 0. The summed E-state index contributed by atoms with van der Waals surface area (Å²) < 4.78 is 26.4. The fraction of sp³-hybridized carbons (Fsp3) is 0.591. The van der Waals surface area contributed by atoms with E-state index in [4.69, 9.17) is 9.97 Å². The Morgan fingerprint density at radius 1 is 1.17 bits per heavy atom. The van der Waals surface area contributed by atoms with Crippen molar-refractivity contribution in [2.45, 2.75) is 51.9 Å². The molecular formula is C22H31N5O2S. The van der Waals surface area contributed by atoms with Crippen molar-refractivity contribution in [2.24, 2.45) is 0 Å². The van der Waals surface area contributed by atoms with Crippen LogP contribution in [-0.2, 0) is 22.9 Å². The minimum absolute atomic E-state index is 0.0589. The summed E-state index contributed by atoms with van der Waals surface area (Å²) in [6, 6.07) is 6.02. The smallest absolute Gasteiger partial charge is 0.213 e. The van der Waals surface area contributed by atoms with E-state index < -0.39 is 10.0 Å². The molecule has 2 aromatic rings. The molecule has 0 aromatic carbocycles. The van der Waals surface area contributed by atoms with Gasteiger partial charge in [0.25, 0.3) is 0 Å². The van der Waals surface area contributed by atoms with Crippen molar-refractivity contribution in [2.75, 3.05) is 36.8 Å². The Balaban J connectivity index is 1.57. The van der Waals surface area contributed by atoms with E-state index in [1.165, 1.54) is 5.56 Å². The summed E-state index contributed by atoms with van der Waals surface area (Å²) in [5.74, 6) is 2.04. The van der Waals surface area contributed by atoms with Crippen LogP contribution in [0.5, 0.6) is 0 Å². The maximum Gasteiger partial charge on any atom is 0.213 e. The lowest BCUT2D eigenvalue weighted by Crippen LogP contribution is -2.40. The van der Waals surface area contributed by atoms with Gasteiger partial charge in [-0.25, -0.2) is 22.7 Å². The molecule has 2 aliphatic heterocycles. The molecule has 162 valence electrons. The molecular weight excluding hydrogens is 398 g/mol. The van der Waals surface area contributed by atoms with Gasteiger partial charge in [-0.3, -0.25) is 4.98 Å². The van der Waals surface area contributed by atoms with Crippen LogP contribution in [0.15, 0.2) is 24.4 Å². The predicted molar refractivity (Wildman–Crippen MR) is 118 cm³/mol. The third-order valence-electron chi connectivity index (χ3n) is 6.24. The Kier molecular flexibility index (Phi) is 6.34. The minimum atomic E-state index is -3.18. The van der Waals surface area contributed by atoms with Crippen molar-refractivity contribution in [1.82, 2.24) is 19.3 Å². The van der Waals surface area contributed by atoms with Gasteiger partial charge < -0.3 is 4.90 Å². The quantitative estimate of drug-likeness (QED) is 0.702. The van der Waals surface area contributed by atoms with Crippen LogP contribution in [0.4, 0.5) is 5.82 Å². The first-order chi connectivity index (χ1) is 14.5. The van der Waals surface area contributed by atoms with Gasteiger partial charge in [0.1, 0.15) is 11.6 Å². The monoisotopic (exact) mass is 429 g/mol. The van der Waals surface area contributed by atoms with Gasteiger partial charge in [-0.2, -0.15) is 0 Å². The van der Waals surface area contributed by atoms with E-state index in [9.17, 15) is 8.42 Å². The summed E-state index contributed by atoms with van der Waals surface area (Å²) >= 11 is 0. The SMILES string of the molecule is CCS(=O)(=O)N1CCCC(c2nc(C)c3c(n2)N(CCc2ccccn2)CCC3)C1. The van der Waals surface area contributed by atoms with Crippen molar-refractivity contribution >= 4 is 15.8 Å². The third kappa shape index (κ3) is 4.49. The molecule has 0 saturated carbocycles. The zero-order valence-corrected chi connectivity index (χ0v) is 18.7. The number of fused-ring (bicyclic) bond motifs is 1. The molecule has 30 heavy (non-hydrogen) atoms. The molecule has 0 spiro atoms. The van der Waals surface area contributed by atoms with Gasteiger partial charge in [-0.15, -0.1) is 0 Å². The number of aromatic nitrogens is 3. The second kappa shape index (κ2) is 8.98. The van der Waals surface area contributed by atoms with Crippen molar-refractivity contribution in [3.63, 3.8) is 0 Å². The number of anilines is 1. The third-order valence-corrected chi connectivity index (χ3v) is 8.08. The standard InChI is InChI=1S/C22H31N5O2S/c1-3-30(28,29)27-14-6-8-18(16-27)21-24-17(2)20-10-7-13-26(22(20)25-21)15-11-19-9-4-5-12-23-19/h4-5,9,12,18H,3,6-8,10-11,13-16H2,1-2H3. The van der Waals surface area contributed by atoms with Crippen LogP contribution in [0.1, 0.15) is 54.9 Å². The van der Waals surface area contributed by atoms with E-state index >= 15 is 0 Å². The average molecular weight is 430 g/mol. The van der Waals surface area contributed by atoms with Gasteiger partial charge in [0.05, 0.1) is 5.75 Å². The summed E-state index contributed by atoms with van der Waals surface area (Å²) in [5.41, 5.74) is 3.36. The Morgan fingerprint density at radius 3 is 2.80 bits per heavy atom. The van der Waals surface area contributed by atoms with Crippen LogP contribution < -0.4 is 4.90 Å². The highest BCUT2D eigenvalue weighted by molar-refractivity contribution is 7.89. The molecule has 4 heterocycles. The van der Waals surface area contributed by atoms with E-state index in [1.54, 1.807) is 11.2 Å². The van der Waals surface area contributed by atoms with Crippen LogP contribution in [0.25, 0.3) is 0 Å². The first-order valence-electron chi connectivity index (χ1n) is 11.0. The number of nitrogens with zero attached hydrogens (tertiary/aromatic N) is 5. The summed E-state index contributed by atoms with van der Waals surface area (Å²) in [4.78, 5) is 16.6. The lowest BCUT2D eigenvalue weighted by molar-refractivity contribution is 0.309. The summed E-state index contributed by atoms with van der Waals surface area (Å²) in [6.07, 6.45) is 6.61. The van der Waals surface area contributed by atoms with Crippen molar-refractivity contribution < 1.29 is 8.42 Å². The Bertz CT molecular complexity index is 981. The molecule has 0 bridgehead atoms. The molecule has 1 atom stereocenters. The molecule has 0 amide bonds. The summed E-state index contributed by atoms with van der Waals surface area (Å²) in [6.45, 7) is 6.72. The molecule has 0 radical (unpaired) electrons. The summed E-state index contributed by atoms with van der Waals surface area (Å²) in [7, 11) is -3.18. The van der Waals surface area contributed by atoms with Crippen LogP contribution in [-0.4, -0.2) is 59.6 Å². The highest BCUT2D eigenvalue weighted by Crippen LogP contribution is 2.32. The van der Waals surface area contributed by atoms with E-state index in [1.807, 2.05) is 18.3 Å². The average Bonchev–Trinajstić information content (AvgIpc) is 2.78. The van der Waals surface area contributed by atoms with Gasteiger partial charge >= 0.3 is 0 Å². The number of pyridine rings is 1. The fourth-order valence-electron chi connectivity index (χ4n) is 4.49. The van der Waals surface area contributed by atoms with Crippen LogP contribution >= 0.6 is 0 Å². The molecule has 1 saturated heterocycles. The topological polar surface area (TPSA) is 79.3 Å². The van der Waals surface area contributed by atoms with Gasteiger partial charge in [0.15, 0.2) is 0 Å². The van der Waals surface area contributed by atoms with Gasteiger partial charge in [-0.05, 0) is 51.7 Å². The number of piperidine rings is 1. The fourth-order valence-corrected chi connectivity index (χ4v) is 5.67. The van der Waals surface area contributed by atoms with E-state index in [2.05, 4.69) is 22.9 Å². The van der Waals surface area contributed by atoms with E-state index in [0.717, 1.165) is 68.2 Å². The number of aryl methyl sites for hydroxylation is 1. The number of hydrogen-bond acceptors (Lipinski definition) is 6. The Hall–Kier alpha value is -2.06. The van der Waals surface area contributed by atoms with Crippen molar-refractivity contribution in [1.29, 1.82) is 0 Å². The van der Waals surface area contributed by atoms with Crippen molar-refractivity contribution in [3.05, 3.63) is 47.2 Å². The molecule has 8 heteroatoms. The number of hydrogen-bond donors (Lipinski definition) is 0. The minimum Gasteiger partial charge on any atom is -0.356 e. The van der Waals surface area contributed by atoms with E-state index in [0.29, 0.717) is 13.1 Å². The van der Waals surface area contributed by atoms with E-state index in [-0.39, 0.29) is 11.7 Å². The second-order valence-corrected chi connectivity index (χ2v) is 10.5. The van der Waals surface area contributed by atoms with Crippen LogP contribution in [0.2, 0.25) is 0 Å². The maximum atomic E-state index is 12.4. The highest BCUT2D eigenvalue weighted by Gasteiger charge is 2.31. The van der Waals surface area contributed by atoms with Gasteiger partial charge in [-0.1, -0.05) is 6.07 Å². The molecule has 2 aromatic heterocycles. The normalized spacial score (nSPS) is 20.2. The molecule has 0 aliphatic carbocycles. The molecule has 7 nitrogen and oxygen atoms in total. The lowest BCUT2D eigenvalue weighted by atomic mass is 9.97. The number of rotatable bonds is 6. The zero-order valence-electron chi connectivity index (χ0n) is 17.9. The number of sulfonamides is 1. The predicted octanol–water partition coefficient (Wildman–Crippen LogP) is 2.70. The molecule has 0 N–H and O–H groups in total. The Labute approximate surface area is 179 Å². The van der Waals surface area contributed by atoms with Gasteiger partial charge in [0, 0.05) is 61.7 Å². The first kappa shape index (κ1) is 21.2. The molecule has 1 fully saturated rings. The molecule has 2 aliphatic rings. The molecule has 4 rings (SSSR count). The first-order valence-corrected chi connectivity index (χ1v) is 12.6. The lowest BCUT2D eigenvalue weighted by Gasteiger charge is -2.34. The maximum absolute atomic E-state index is 12.4. The van der Waals surface area contributed by atoms with Crippen LogP contribution in [0.3, 0.4) is 0 Å². The van der Waals surface area contributed by atoms with Crippen LogP contribution in [0, 0.1) is 6.92 Å². The van der Waals surface area contributed by atoms with Gasteiger partial charge in [0.2, 0.25) is 10.0 Å². The zero-order chi connectivity index (χ0) is 21.1. The largest absolute Gasteiger partial charge is 0.356 e. The molecule has 1 unspecified atom stereocenters. The van der Waals surface area contributed by atoms with Crippen molar-refractivity contribution in [3.8, 4) is 0 Å². The Morgan fingerprint density at radius 2 is 2.03 bits per heavy atom. The second-order valence-electron chi connectivity index (χ2n) is 8.23.